The van der Waals surface area contributed by atoms with Crippen molar-refractivity contribution in [3.8, 4) is 11.5 Å². The first kappa shape index (κ1) is 22.6. The summed E-state index contributed by atoms with van der Waals surface area (Å²) < 4.78 is 10.4. The van der Waals surface area contributed by atoms with Crippen LogP contribution in [0, 0.1) is 10.1 Å². The van der Waals surface area contributed by atoms with E-state index in [1.165, 1.54) is 42.0 Å². The Morgan fingerprint density at radius 2 is 1.94 bits per heavy atom. The number of ether oxygens (including phenoxy) is 2. The molecular weight excluding hydrogens is 448 g/mol. The molecule has 172 valence electrons. The van der Waals surface area contributed by atoms with E-state index in [1.54, 1.807) is 7.05 Å². The number of methoxy groups -OCH3 is 1. The number of benzene rings is 2. The molecule has 0 aliphatic carbocycles. The van der Waals surface area contributed by atoms with Gasteiger partial charge in [0.15, 0.2) is 10.9 Å². The largest absolute Gasteiger partial charge is 0.500 e. The highest BCUT2D eigenvalue weighted by molar-refractivity contribution is 8.18. The minimum Gasteiger partial charge on any atom is -0.500 e. The number of nitro benzene ring substituents is 1. The highest BCUT2D eigenvalue weighted by Crippen LogP contribution is 2.39. The molecule has 2 aromatic carbocycles. The maximum atomic E-state index is 12.7. The Morgan fingerprint density at radius 1 is 1.24 bits per heavy atom. The summed E-state index contributed by atoms with van der Waals surface area (Å²) in [7, 11) is 2.92. The molecule has 11 heteroatoms. The number of hydrogen-bond donors (Lipinski definition) is 1. The Hall–Kier alpha value is -3.57. The van der Waals surface area contributed by atoms with Gasteiger partial charge in [0.25, 0.3) is 5.91 Å². The molecule has 2 aromatic rings. The van der Waals surface area contributed by atoms with Crippen molar-refractivity contribution >= 4 is 46.0 Å². The molecule has 4 rings (SSSR count). The molecule has 0 saturated carbocycles. The molecule has 2 saturated heterocycles. The molecular formula is C22H22N4O6S. The maximum absolute atomic E-state index is 12.7. The van der Waals surface area contributed by atoms with Gasteiger partial charge in [0.2, 0.25) is 5.75 Å². The zero-order valence-corrected chi connectivity index (χ0v) is 18.9. The second-order valence-electron chi connectivity index (χ2n) is 7.33. The number of aromatic hydroxyl groups is 1. The summed E-state index contributed by atoms with van der Waals surface area (Å²) in [6.07, 6.45) is 1.52. The van der Waals surface area contributed by atoms with Crippen LogP contribution in [0.5, 0.6) is 11.5 Å². The van der Waals surface area contributed by atoms with Crippen LogP contribution in [-0.2, 0) is 9.53 Å². The number of rotatable bonds is 5. The van der Waals surface area contributed by atoms with Crippen LogP contribution in [0.15, 0.2) is 46.3 Å². The monoisotopic (exact) mass is 470 g/mol. The van der Waals surface area contributed by atoms with Crippen molar-refractivity contribution in [2.45, 2.75) is 0 Å². The van der Waals surface area contributed by atoms with Gasteiger partial charge in [-0.1, -0.05) is 0 Å². The van der Waals surface area contributed by atoms with E-state index in [9.17, 15) is 20.0 Å². The van der Waals surface area contributed by atoms with E-state index >= 15 is 0 Å². The first-order chi connectivity index (χ1) is 15.9. The highest BCUT2D eigenvalue weighted by Gasteiger charge is 2.31. The highest BCUT2D eigenvalue weighted by atomic mass is 32.2. The average molecular weight is 471 g/mol. The first-order valence-electron chi connectivity index (χ1n) is 10.1. The van der Waals surface area contributed by atoms with E-state index in [-0.39, 0.29) is 11.7 Å². The summed E-state index contributed by atoms with van der Waals surface area (Å²) in [5.41, 5.74) is 1.66. The predicted octanol–water partition coefficient (Wildman–Crippen LogP) is 3.38. The average Bonchev–Trinajstić information content (AvgIpc) is 3.08. The van der Waals surface area contributed by atoms with E-state index in [1.807, 2.05) is 24.3 Å². The SMILES string of the molecule is COc1cc(/C=C2/SC(=Nc3ccc(N4CCOCC4)cc3)N(C)C2=O)cc([N+](=O)[O-])c1O. The third-order valence-corrected chi connectivity index (χ3v) is 6.31. The number of morpholine rings is 1. The molecule has 10 nitrogen and oxygen atoms in total. The van der Waals surface area contributed by atoms with Crippen LogP contribution in [-0.4, -0.2) is 66.5 Å². The Morgan fingerprint density at radius 3 is 2.58 bits per heavy atom. The predicted molar refractivity (Wildman–Crippen MR) is 126 cm³/mol. The van der Waals surface area contributed by atoms with Gasteiger partial charge in [-0.2, -0.15) is 0 Å². The zero-order chi connectivity index (χ0) is 23.5. The fraction of sp³-hybridized carbons (Fsp3) is 0.273. The fourth-order valence-electron chi connectivity index (χ4n) is 3.46. The van der Waals surface area contributed by atoms with Crippen LogP contribution in [0.3, 0.4) is 0 Å². The number of amidine groups is 1. The molecule has 0 bridgehead atoms. The van der Waals surface area contributed by atoms with Gasteiger partial charge in [-0.05, 0) is 53.7 Å². The standard InChI is InChI=1S/C22H22N4O6S/c1-24-21(28)19(13-14-11-17(26(29)30)20(27)18(12-14)31-2)33-22(24)23-15-3-5-16(6-4-15)25-7-9-32-10-8-25/h3-6,11-13,27H,7-10H2,1-2H3/b19-13+,23-22?. The molecule has 2 fully saturated rings. The number of nitro groups is 1. The normalized spacial score (nSPS) is 18.9. The summed E-state index contributed by atoms with van der Waals surface area (Å²) in [5.74, 6) is -0.887. The molecule has 0 atom stereocenters. The number of aliphatic imine (C=N–C) groups is 1. The third kappa shape index (κ3) is 4.78. The molecule has 0 aromatic heterocycles. The number of anilines is 1. The van der Waals surface area contributed by atoms with Crippen molar-refractivity contribution < 1.29 is 24.3 Å². The number of phenols is 1. The van der Waals surface area contributed by atoms with Crippen molar-refractivity contribution in [3.63, 3.8) is 0 Å². The summed E-state index contributed by atoms with van der Waals surface area (Å²) in [4.78, 5) is 31.9. The summed E-state index contributed by atoms with van der Waals surface area (Å²) in [6, 6.07) is 10.4. The van der Waals surface area contributed by atoms with Crippen molar-refractivity contribution in [1.29, 1.82) is 0 Å². The number of hydrogen-bond acceptors (Lipinski definition) is 9. The molecule has 2 heterocycles. The van der Waals surface area contributed by atoms with E-state index in [0.29, 0.717) is 34.5 Å². The summed E-state index contributed by atoms with van der Waals surface area (Å²) in [6.45, 7) is 3.10. The van der Waals surface area contributed by atoms with Crippen LogP contribution >= 0.6 is 11.8 Å². The lowest BCUT2D eigenvalue weighted by Gasteiger charge is -2.28. The van der Waals surface area contributed by atoms with Gasteiger partial charge in [0.1, 0.15) is 0 Å². The van der Waals surface area contributed by atoms with E-state index in [4.69, 9.17) is 9.47 Å². The number of thioether (sulfide) groups is 1. The Labute approximate surface area is 194 Å². The molecule has 2 aliphatic rings. The molecule has 0 radical (unpaired) electrons. The number of carbonyl (C=O) groups excluding carboxylic acids is 1. The lowest BCUT2D eigenvalue weighted by Crippen LogP contribution is -2.36. The van der Waals surface area contributed by atoms with Crippen molar-refractivity contribution in [3.05, 3.63) is 57.0 Å². The summed E-state index contributed by atoms with van der Waals surface area (Å²) >= 11 is 1.17. The minimum absolute atomic E-state index is 0.0471. The van der Waals surface area contributed by atoms with Crippen molar-refractivity contribution in [2.75, 3.05) is 45.4 Å². The zero-order valence-electron chi connectivity index (χ0n) is 18.1. The summed E-state index contributed by atoms with van der Waals surface area (Å²) in [5, 5.41) is 21.7. The van der Waals surface area contributed by atoms with Gasteiger partial charge in [0, 0.05) is 31.9 Å². The van der Waals surface area contributed by atoms with Crippen LogP contribution in [0.2, 0.25) is 0 Å². The minimum atomic E-state index is -0.705. The molecule has 1 N–H and O–H groups in total. The second-order valence-corrected chi connectivity index (χ2v) is 8.34. The van der Waals surface area contributed by atoms with Gasteiger partial charge in [-0.25, -0.2) is 4.99 Å². The number of phenolic OH excluding ortho intramolecular Hbond substituents is 1. The maximum Gasteiger partial charge on any atom is 0.315 e. The Bertz CT molecular complexity index is 1140. The quantitative estimate of drug-likeness (QED) is 0.401. The third-order valence-electron chi connectivity index (χ3n) is 5.25. The first-order valence-corrected chi connectivity index (χ1v) is 10.9. The smallest absolute Gasteiger partial charge is 0.315 e. The molecule has 2 aliphatic heterocycles. The fourth-order valence-corrected chi connectivity index (χ4v) is 4.45. The van der Waals surface area contributed by atoms with Crippen LogP contribution in [0.1, 0.15) is 5.56 Å². The number of nitrogens with zero attached hydrogens (tertiary/aromatic N) is 4. The Balaban J connectivity index is 1.57. The van der Waals surface area contributed by atoms with Gasteiger partial charge in [0.05, 0.1) is 35.8 Å². The molecule has 0 unspecified atom stereocenters. The number of amides is 1. The molecule has 33 heavy (non-hydrogen) atoms. The second kappa shape index (κ2) is 9.51. The van der Waals surface area contributed by atoms with Crippen LogP contribution in [0.25, 0.3) is 6.08 Å². The van der Waals surface area contributed by atoms with E-state index < -0.39 is 16.4 Å². The van der Waals surface area contributed by atoms with Gasteiger partial charge >= 0.3 is 5.69 Å². The molecule has 1 amide bonds. The lowest BCUT2D eigenvalue weighted by atomic mass is 10.1. The number of carbonyl (C=O) groups is 1. The number of likely N-dealkylation sites (N-methyl/N-ethyl adjacent to an activating group) is 1. The van der Waals surface area contributed by atoms with Gasteiger partial charge in [-0.15, -0.1) is 0 Å². The van der Waals surface area contributed by atoms with Crippen LogP contribution < -0.4 is 9.64 Å². The lowest BCUT2D eigenvalue weighted by molar-refractivity contribution is -0.386. The van der Waals surface area contributed by atoms with Crippen molar-refractivity contribution in [2.24, 2.45) is 4.99 Å². The van der Waals surface area contributed by atoms with E-state index in [0.717, 1.165) is 18.8 Å². The van der Waals surface area contributed by atoms with Gasteiger partial charge in [-0.3, -0.25) is 19.8 Å². The molecule has 0 spiro atoms. The van der Waals surface area contributed by atoms with Crippen LogP contribution in [0.4, 0.5) is 17.1 Å². The Kier molecular flexibility index (Phi) is 6.52. The van der Waals surface area contributed by atoms with E-state index in [2.05, 4.69) is 9.89 Å². The topological polar surface area (TPSA) is 118 Å². The van der Waals surface area contributed by atoms with Crippen molar-refractivity contribution in [1.82, 2.24) is 4.90 Å². The van der Waals surface area contributed by atoms with Gasteiger partial charge < -0.3 is 19.5 Å².